The molecule has 0 aliphatic heterocycles. The zero-order chi connectivity index (χ0) is 15.6. The van der Waals surface area contributed by atoms with Gasteiger partial charge in [-0.2, -0.15) is 0 Å². The van der Waals surface area contributed by atoms with Gasteiger partial charge >= 0.3 is 11.9 Å². The van der Waals surface area contributed by atoms with Gasteiger partial charge in [0.2, 0.25) is 0 Å². The Bertz CT molecular complexity index is 692. The van der Waals surface area contributed by atoms with Crippen LogP contribution in [-0.2, 0) is 9.47 Å². The number of hydrogen-bond donors (Lipinski definition) is 1. The zero-order valence-electron chi connectivity index (χ0n) is 11.7. The summed E-state index contributed by atoms with van der Waals surface area (Å²) in [6, 6.07) is 3.28. The van der Waals surface area contributed by atoms with Gasteiger partial charge in [-0.05, 0) is 19.1 Å². The zero-order valence-corrected chi connectivity index (χ0v) is 12.4. The molecule has 0 unspecified atom stereocenters. The van der Waals surface area contributed by atoms with Crippen molar-refractivity contribution in [2.24, 2.45) is 0 Å². The van der Waals surface area contributed by atoms with Crippen LogP contribution in [0.25, 0.3) is 11.4 Å². The van der Waals surface area contributed by atoms with E-state index < -0.39 is 11.9 Å². The number of esters is 2. The highest BCUT2D eigenvalue weighted by Gasteiger charge is 2.28. The van der Waals surface area contributed by atoms with Gasteiger partial charge < -0.3 is 14.5 Å². The summed E-state index contributed by atoms with van der Waals surface area (Å²) < 4.78 is 9.46. The summed E-state index contributed by atoms with van der Waals surface area (Å²) in [4.78, 5) is 31.0. The maximum Gasteiger partial charge on any atom is 0.341 e. The molecule has 0 aliphatic rings. The molecule has 0 saturated heterocycles. The average Bonchev–Trinajstić information content (AvgIpc) is 2.83. The third kappa shape index (κ3) is 2.75. The average molecular weight is 309 g/mol. The maximum absolute atomic E-state index is 12.0. The highest BCUT2D eigenvalue weighted by molar-refractivity contribution is 6.30. The SMILES string of the molecule is COC(=O)c1c(C)[nH]c(-c2ccc(Cl)cn2)c1C(=O)OC. The molecule has 110 valence electrons. The van der Waals surface area contributed by atoms with Crippen LogP contribution in [0.4, 0.5) is 0 Å². The first-order chi connectivity index (χ1) is 9.99. The Labute approximate surface area is 126 Å². The van der Waals surface area contributed by atoms with Crippen LogP contribution in [0.3, 0.4) is 0 Å². The summed E-state index contributed by atoms with van der Waals surface area (Å²) >= 11 is 5.80. The number of carbonyl (C=O) groups is 2. The molecule has 0 aromatic carbocycles. The number of carbonyl (C=O) groups excluding carboxylic acids is 2. The molecule has 0 aliphatic carbocycles. The summed E-state index contributed by atoms with van der Waals surface area (Å²) in [5, 5.41) is 0.467. The molecule has 1 N–H and O–H groups in total. The lowest BCUT2D eigenvalue weighted by molar-refractivity contribution is 0.0556. The highest BCUT2D eigenvalue weighted by Crippen LogP contribution is 2.28. The van der Waals surface area contributed by atoms with Gasteiger partial charge in [-0.1, -0.05) is 11.6 Å². The molecule has 0 amide bonds. The summed E-state index contributed by atoms with van der Waals surface area (Å²) in [6.45, 7) is 1.66. The minimum absolute atomic E-state index is 0.0941. The number of hydrogen-bond acceptors (Lipinski definition) is 5. The number of aromatic amines is 1. The summed E-state index contributed by atoms with van der Waals surface area (Å²) in [5.41, 5.74) is 1.58. The molecule has 2 heterocycles. The second kappa shape index (κ2) is 5.97. The van der Waals surface area contributed by atoms with Crippen molar-refractivity contribution in [3.63, 3.8) is 0 Å². The molecule has 0 saturated carbocycles. The first kappa shape index (κ1) is 15.1. The number of H-pyrrole nitrogens is 1. The van der Waals surface area contributed by atoms with Crippen LogP contribution in [0, 0.1) is 6.92 Å². The summed E-state index contributed by atoms with van der Waals surface area (Å²) in [7, 11) is 2.49. The van der Waals surface area contributed by atoms with E-state index in [0.717, 1.165) is 0 Å². The quantitative estimate of drug-likeness (QED) is 0.881. The standard InChI is InChI=1S/C14H13ClN2O4/c1-7-10(13(18)20-2)11(14(19)21-3)12(17-7)9-5-4-8(15)6-16-9/h4-6,17H,1-3H3. The molecule has 6 nitrogen and oxygen atoms in total. The van der Waals surface area contributed by atoms with Crippen molar-refractivity contribution in [1.82, 2.24) is 9.97 Å². The van der Waals surface area contributed by atoms with Gasteiger partial charge in [0.25, 0.3) is 0 Å². The van der Waals surface area contributed by atoms with Crippen molar-refractivity contribution >= 4 is 23.5 Å². The predicted octanol–water partition coefficient (Wildman–Crippen LogP) is 2.61. The molecule has 0 atom stereocenters. The van der Waals surface area contributed by atoms with Gasteiger partial charge in [-0.25, -0.2) is 9.59 Å². The lowest BCUT2D eigenvalue weighted by Crippen LogP contribution is -2.11. The van der Waals surface area contributed by atoms with Crippen LogP contribution in [0.5, 0.6) is 0 Å². The smallest absolute Gasteiger partial charge is 0.341 e. The van der Waals surface area contributed by atoms with Crippen molar-refractivity contribution in [2.75, 3.05) is 14.2 Å². The van der Waals surface area contributed by atoms with Gasteiger partial charge in [0.05, 0.1) is 36.2 Å². The van der Waals surface area contributed by atoms with E-state index >= 15 is 0 Å². The second-order valence-corrected chi connectivity index (χ2v) is 4.66. The minimum atomic E-state index is -0.647. The fourth-order valence-electron chi connectivity index (χ4n) is 2.00. The number of ether oxygens (including phenoxy) is 2. The predicted molar refractivity (Wildman–Crippen MR) is 76.4 cm³/mol. The van der Waals surface area contributed by atoms with Crippen molar-refractivity contribution < 1.29 is 19.1 Å². The number of halogens is 1. The minimum Gasteiger partial charge on any atom is -0.465 e. The van der Waals surface area contributed by atoms with E-state index in [1.165, 1.54) is 20.4 Å². The van der Waals surface area contributed by atoms with Gasteiger partial charge in [-0.15, -0.1) is 0 Å². The summed E-state index contributed by atoms with van der Waals surface area (Å²) in [5.74, 6) is -1.27. The molecule has 0 spiro atoms. The monoisotopic (exact) mass is 308 g/mol. The number of pyridine rings is 1. The largest absolute Gasteiger partial charge is 0.465 e. The maximum atomic E-state index is 12.0. The Balaban J connectivity index is 2.69. The Hall–Kier alpha value is -2.34. The number of aromatic nitrogens is 2. The number of nitrogens with one attached hydrogen (secondary N) is 1. The van der Waals surface area contributed by atoms with Crippen LogP contribution in [0.1, 0.15) is 26.4 Å². The molecule has 7 heteroatoms. The number of rotatable bonds is 3. The second-order valence-electron chi connectivity index (χ2n) is 4.22. The molecular formula is C14H13ClN2O4. The van der Waals surface area contributed by atoms with E-state index in [2.05, 4.69) is 9.97 Å². The van der Waals surface area contributed by atoms with Crippen LogP contribution in [0.2, 0.25) is 5.02 Å². The van der Waals surface area contributed by atoms with Crippen molar-refractivity contribution in [3.8, 4) is 11.4 Å². The van der Waals surface area contributed by atoms with Gasteiger partial charge in [0, 0.05) is 11.9 Å². The molecule has 2 aromatic heterocycles. The fraction of sp³-hybridized carbons (Fsp3) is 0.214. The molecule has 2 rings (SSSR count). The third-order valence-corrected chi connectivity index (χ3v) is 3.17. The van der Waals surface area contributed by atoms with E-state index in [1.54, 1.807) is 19.1 Å². The summed E-state index contributed by atoms with van der Waals surface area (Å²) in [6.07, 6.45) is 1.45. The van der Waals surface area contributed by atoms with Gasteiger partial charge in [-0.3, -0.25) is 4.98 Å². The van der Waals surface area contributed by atoms with Crippen LogP contribution >= 0.6 is 11.6 Å². The third-order valence-electron chi connectivity index (χ3n) is 2.95. The van der Waals surface area contributed by atoms with E-state index in [4.69, 9.17) is 21.1 Å². The molecule has 0 radical (unpaired) electrons. The van der Waals surface area contributed by atoms with E-state index in [1.807, 2.05) is 0 Å². The van der Waals surface area contributed by atoms with Gasteiger partial charge in [0.1, 0.15) is 5.56 Å². The Kier molecular flexibility index (Phi) is 4.28. The number of aryl methyl sites for hydroxylation is 1. The fourth-order valence-corrected chi connectivity index (χ4v) is 2.12. The van der Waals surface area contributed by atoms with E-state index in [9.17, 15) is 9.59 Å². The first-order valence-electron chi connectivity index (χ1n) is 6.00. The van der Waals surface area contributed by atoms with E-state index in [-0.39, 0.29) is 11.1 Å². The van der Waals surface area contributed by atoms with Crippen LogP contribution in [0.15, 0.2) is 18.3 Å². The Morgan fingerprint density at radius 1 is 1.14 bits per heavy atom. The Morgan fingerprint density at radius 3 is 2.29 bits per heavy atom. The number of nitrogens with zero attached hydrogens (tertiary/aromatic N) is 1. The van der Waals surface area contributed by atoms with Crippen molar-refractivity contribution in [3.05, 3.63) is 40.2 Å². The number of methoxy groups -OCH3 is 2. The lowest BCUT2D eigenvalue weighted by Gasteiger charge is -2.04. The van der Waals surface area contributed by atoms with Crippen molar-refractivity contribution in [2.45, 2.75) is 6.92 Å². The Morgan fingerprint density at radius 2 is 1.76 bits per heavy atom. The lowest BCUT2D eigenvalue weighted by atomic mass is 10.1. The molecule has 0 bridgehead atoms. The normalized spacial score (nSPS) is 10.3. The highest BCUT2D eigenvalue weighted by atomic mass is 35.5. The first-order valence-corrected chi connectivity index (χ1v) is 6.38. The van der Waals surface area contributed by atoms with Crippen LogP contribution < -0.4 is 0 Å². The topological polar surface area (TPSA) is 81.3 Å². The molecule has 2 aromatic rings. The van der Waals surface area contributed by atoms with Gasteiger partial charge in [0.15, 0.2) is 0 Å². The van der Waals surface area contributed by atoms with Crippen molar-refractivity contribution in [1.29, 1.82) is 0 Å². The molecule has 21 heavy (non-hydrogen) atoms. The molecule has 0 fully saturated rings. The van der Waals surface area contributed by atoms with Crippen LogP contribution in [-0.4, -0.2) is 36.1 Å². The molecular weight excluding hydrogens is 296 g/mol. The van der Waals surface area contributed by atoms with E-state index in [0.29, 0.717) is 22.1 Å².